The Bertz CT molecular complexity index is 912. The molecule has 1 heterocycles. The molecule has 3 rings (SSSR count). The molecule has 0 atom stereocenters. The third-order valence-corrected chi connectivity index (χ3v) is 6.02. The molecule has 0 N–H and O–H groups in total. The van der Waals surface area contributed by atoms with Crippen LogP contribution in [-0.4, -0.2) is 28.8 Å². The maximum Gasteiger partial charge on any atom is 0.266 e. The van der Waals surface area contributed by atoms with Crippen LogP contribution in [0.2, 0.25) is 0 Å². The fourth-order valence-corrected chi connectivity index (χ4v) is 4.28. The molecule has 146 valence electrons. The van der Waals surface area contributed by atoms with Crippen molar-refractivity contribution in [2.75, 3.05) is 13.7 Å². The van der Waals surface area contributed by atoms with E-state index in [0.29, 0.717) is 33.9 Å². The van der Waals surface area contributed by atoms with Crippen LogP contribution in [0.1, 0.15) is 24.5 Å². The van der Waals surface area contributed by atoms with E-state index in [-0.39, 0.29) is 5.91 Å². The lowest BCUT2D eigenvalue weighted by molar-refractivity contribution is -0.122. The third kappa shape index (κ3) is 4.96. The number of methoxy groups -OCH3 is 1. The van der Waals surface area contributed by atoms with Crippen molar-refractivity contribution in [1.29, 1.82) is 0 Å². The molecule has 4 nitrogen and oxygen atoms in total. The van der Waals surface area contributed by atoms with E-state index >= 15 is 0 Å². The minimum Gasteiger partial charge on any atom is -0.493 e. The smallest absolute Gasteiger partial charge is 0.266 e. The second kappa shape index (κ2) is 9.58. The largest absolute Gasteiger partial charge is 0.493 e. The summed E-state index contributed by atoms with van der Waals surface area (Å²) in [6, 6.07) is 13.6. The molecular formula is C21H20BrNO3S2. The Hall–Kier alpha value is -1.83. The Morgan fingerprint density at radius 2 is 1.93 bits per heavy atom. The first kappa shape index (κ1) is 20.9. The first-order valence-corrected chi connectivity index (χ1v) is 10.8. The van der Waals surface area contributed by atoms with Gasteiger partial charge in [-0.25, -0.2) is 0 Å². The molecule has 2 aromatic rings. The number of thiocarbonyl (C=S) groups is 1. The van der Waals surface area contributed by atoms with Gasteiger partial charge >= 0.3 is 0 Å². The zero-order chi connectivity index (χ0) is 20.1. The SMILES string of the molecule is CCCN1C(=O)C(=Cc2ccc(OCc3ccc(Br)cc3)c(OC)c2)SC1=S. The van der Waals surface area contributed by atoms with Gasteiger partial charge in [0.1, 0.15) is 10.9 Å². The van der Waals surface area contributed by atoms with Crippen LogP contribution < -0.4 is 9.47 Å². The molecule has 0 radical (unpaired) electrons. The zero-order valence-electron chi connectivity index (χ0n) is 15.6. The van der Waals surface area contributed by atoms with Crippen LogP contribution in [0.5, 0.6) is 11.5 Å². The topological polar surface area (TPSA) is 38.8 Å². The Kier molecular flexibility index (Phi) is 7.15. The van der Waals surface area contributed by atoms with Crippen molar-refractivity contribution in [3.8, 4) is 11.5 Å². The van der Waals surface area contributed by atoms with Gasteiger partial charge in [0.05, 0.1) is 12.0 Å². The number of nitrogens with zero attached hydrogens (tertiary/aromatic N) is 1. The fourth-order valence-electron chi connectivity index (χ4n) is 2.70. The average molecular weight is 478 g/mol. The number of ether oxygens (including phenoxy) is 2. The molecule has 1 saturated heterocycles. The molecule has 1 aliphatic rings. The molecule has 1 fully saturated rings. The molecule has 28 heavy (non-hydrogen) atoms. The van der Waals surface area contributed by atoms with E-state index in [9.17, 15) is 4.79 Å². The Labute approximate surface area is 183 Å². The number of hydrogen-bond donors (Lipinski definition) is 0. The van der Waals surface area contributed by atoms with Gasteiger partial charge in [0.2, 0.25) is 0 Å². The average Bonchev–Trinajstić information content (AvgIpc) is 2.96. The van der Waals surface area contributed by atoms with E-state index in [1.54, 1.807) is 12.0 Å². The van der Waals surface area contributed by atoms with Gasteiger partial charge < -0.3 is 9.47 Å². The lowest BCUT2D eigenvalue weighted by Gasteiger charge is -2.12. The quantitative estimate of drug-likeness (QED) is 0.380. The summed E-state index contributed by atoms with van der Waals surface area (Å²) in [5.41, 5.74) is 1.93. The summed E-state index contributed by atoms with van der Waals surface area (Å²) in [6.45, 7) is 3.12. The van der Waals surface area contributed by atoms with Crippen molar-refractivity contribution in [2.45, 2.75) is 20.0 Å². The molecule has 1 amide bonds. The standard InChI is InChI=1S/C21H20BrNO3S2/c1-3-10-23-20(24)19(28-21(23)27)12-15-6-9-17(18(11-15)25-2)26-13-14-4-7-16(22)8-5-14/h4-9,11-12H,3,10,13H2,1-2H3. The maximum atomic E-state index is 12.5. The van der Waals surface area contributed by atoms with Crippen molar-refractivity contribution in [3.63, 3.8) is 0 Å². The van der Waals surface area contributed by atoms with Crippen molar-refractivity contribution >= 4 is 56.2 Å². The molecule has 7 heteroatoms. The second-order valence-electron chi connectivity index (χ2n) is 6.16. The van der Waals surface area contributed by atoms with Crippen LogP contribution in [0, 0.1) is 0 Å². The highest BCUT2D eigenvalue weighted by molar-refractivity contribution is 9.10. The number of hydrogen-bond acceptors (Lipinski definition) is 5. The summed E-state index contributed by atoms with van der Waals surface area (Å²) in [4.78, 5) is 14.8. The molecule has 0 aliphatic carbocycles. The van der Waals surface area contributed by atoms with E-state index in [1.807, 2.05) is 55.5 Å². The lowest BCUT2D eigenvalue weighted by atomic mass is 10.1. The van der Waals surface area contributed by atoms with Crippen LogP contribution in [0.4, 0.5) is 0 Å². The number of halogens is 1. The van der Waals surface area contributed by atoms with Crippen molar-refractivity contribution in [1.82, 2.24) is 4.90 Å². The summed E-state index contributed by atoms with van der Waals surface area (Å²) < 4.78 is 13.0. The minimum atomic E-state index is -0.0358. The molecule has 0 aromatic heterocycles. The summed E-state index contributed by atoms with van der Waals surface area (Å²) >= 11 is 10.1. The van der Waals surface area contributed by atoms with Crippen LogP contribution in [-0.2, 0) is 11.4 Å². The van der Waals surface area contributed by atoms with Crippen molar-refractivity contribution < 1.29 is 14.3 Å². The van der Waals surface area contributed by atoms with Crippen LogP contribution in [0.25, 0.3) is 6.08 Å². The fraction of sp³-hybridized carbons (Fsp3) is 0.238. The van der Waals surface area contributed by atoms with Crippen LogP contribution >= 0.6 is 39.9 Å². The summed E-state index contributed by atoms with van der Waals surface area (Å²) in [5.74, 6) is 1.24. The first-order chi connectivity index (χ1) is 13.5. The number of rotatable bonds is 7. The third-order valence-electron chi connectivity index (χ3n) is 4.11. The van der Waals surface area contributed by atoms with Crippen LogP contribution in [0.3, 0.4) is 0 Å². The van der Waals surface area contributed by atoms with Gasteiger partial charge in [0, 0.05) is 11.0 Å². The molecule has 2 aromatic carbocycles. The molecule has 0 unspecified atom stereocenters. The van der Waals surface area contributed by atoms with Crippen molar-refractivity contribution in [2.24, 2.45) is 0 Å². The Balaban J connectivity index is 1.75. The van der Waals surface area contributed by atoms with E-state index in [2.05, 4.69) is 15.9 Å². The summed E-state index contributed by atoms with van der Waals surface area (Å²) in [7, 11) is 1.60. The molecule has 1 aliphatic heterocycles. The van der Waals surface area contributed by atoms with E-state index in [1.165, 1.54) is 11.8 Å². The van der Waals surface area contributed by atoms with Crippen molar-refractivity contribution in [3.05, 3.63) is 63.0 Å². The monoisotopic (exact) mass is 477 g/mol. The van der Waals surface area contributed by atoms with Gasteiger partial charge in [0.25, 0.3) is 5.91 Å². The molecule has 0 saturated carbocycles. The lowest BCUT2D eigenvalue weighted by Crippen LogP contribution is -2.28. The number of amides is 1. The van der Waals surface area contributed by atoms with E-state index < -0.39 is 0 Å². The highest BCUT2D eigenvalue weighted by atomic mass is 79.9. The predicted molar refractivity (Wildman–Crippen MR) is 122 cm³/mol. The maximum absolute atomic E-state index is 12.5. The van der Waals surface area contributed by atoms with E-state index in [4.69, 9.17) is 21.7 Å². The summed E-state index contributed by atoms with van der Waals surface area (Å²) in [5, 5.41) is 0. The van der Waals surface area contributed by atoms with Crippen LogP contribution in [0.15, 0.2) is 51.8 Å². The van der Waals surface area contributed by atoms with Gasteiger partial charge in [-0.05, 0) is 47.9 Å². The van der Waals surface area contributed by atoms with E-state index in [0.717, 1.165) is 22.0 Å². The zero-order valence-corrected chi connectivity index (χ0v) is 18.8. The Morgan fingerprint density at radius 3 is 2.61 bits per heavy atom. The Morgan fingerprint density at radius 1 is 1.18 bits per heavy atom. The normalized spacial score (nSPS) is 15.4. The van der Waals surface area contributed by atoms with Gasteiger partial charge in [-0.15, -0.1) is 0 Å². The summed E-state index contributed by atoms with van der Waals surface area (Å²) in [6.07, 6.45) is 2.72. The predicted octanol–water partition coefficient (Wildman–Crippen LogP) is 5.65. The first-order valence-electron chi connectivity index (χ1n) is 8.82. The highest BCUT2D eigenvalue weighted by Gasteiger charge is 2.31. The second-order valence-corrected chi connectivity index (χ2v) is 8.75. The van der Waals surface area contributed by atoms with Gasteiger partial charge in [0.15, 0.2) is 11.5 Å². The van der Waals surface area contributed by atoms with Gasteiger partial charge in [-0.1, -0.05) is 65.0 Å². The molecule has 0 spiro atoms. The number of thioether (sulfide) groups is 1. The highest BCUT2D eigenvalue weighted by Crippen LogP contribution is 2.35. The van der Waals surface area contributed by atoms with Gasteiger partial charge in [-0.2, -0.15) is 0 Å². The molecule has 0 bridgehead atoms. The minimum absolute atomic E-state index is 0.0358. The number of carbonyl (C=O) groups is 1. The number of benzene rings is 2. The van der Waals surface area contributed by atoms with Gasteiger partial charge in [-0.3, -0.25) is 9.69 Å². The number of carbonyl (C=O) groups excluding carboxylic acids is 1. The molecular weight excluding hydrogens is 458 g/mol.